The number of aromatic carboxylic acids is 1. The number of nitrogens with zero attached hydrogens (tertiary/aromatic N) is 3. The van der Waals surface area contributed by atoms with Crippen molar-refractivity contribution in [3.8, 4) is 11.3 Å². The van der Waals surface area contributed by atoms with E-state index >= 15 is 0 Å². The van der Waals surface area contributed by atoms with Crippen LogP contribution in [-0.4, -0.2) is 25.7 Å². The molecule has 3 heterocycles. The highest BCUT2D eigenvalue weighted by atomic mass is 35.5. The molecule has 4 aromatic rings. The van der Waals surface area contributed by atoms with Crippen LogP contribution in [0.4, 0.5) is 0 Å². The smallest absolute Gasteiger partial charge is 0.354 e. The summed E-state index contributed by atoms with van der Waals surface area (Å²) in [5.41, 5.74) is 5.57. The molecule has 27 heavy (non-hydrogen) atoms. The summed E-state index contributed by atoms with van der Waals surface area (Å²) in [4.78, 5) is 15.5. The number of aryl methyl sites for hydroxylation is 1. The molecule has 5 nitrogen and oxygen atoms in total. The second kappa shape index (κ2) is 6.85. The third-order valence-electron chi connectivity index (χ3n) is 4.37. The minimum absolute atomic E-state index is 0.0316. The summed E-state index contributed by atoms with van der Waals surface area (Å²) in [6, 6.07) is 16.9. The first-order valence-corrected chi connectivity index (χ1v) is 8.82. The summed E-state index contributed by atoms with van der Waals surface area (Å²) in [6.07, 6.45) is 2.23. The Kier molecular flexibility index (Phi) is 4.38. The highest BCUT2D eigenvalue weighted by Gasteiger charge is 2.17. The van der Waals surface area contributed by atoms with Crippen molar-refractivity contribution in [1.29, 1.82) is 0 Å². The molecule has 0 fully saturated rings. The number of fused-ring (bicyclic) bond motifs is 1. The molecule has 0 aliphatic rings. The maximum Gasteiger partial charge on any atom is 0.354 e. The molecular formula is C21H16ClN3O2. The van der Waals surface area contributed by atoms with Crippen molar-refractivity contribution in [1.82, 2.24) is 14.6 Å². The lowest BCUT2D eigenvalue weighted by Gasteiger charge is -2.05. The molecule has 0 spiro atoms. The van der Waals surface area contributed by atoms with Gasteiger partial charge in [0, 0.05) is 29.4 Å². The van der Waals surface area contributed by atoms with E-state index in [1.54, 1.807) is 16.8 Å². The molecule has 0 unspecified atom stereocenters. The fourth-order valence-corrected chi connectivity index (χ4v) is 3.31. The van der Waals surface area contributed by atoms with Crippen LogP contribution in [0.1, 0.15) is 27.3 Å². The number of rotatable bonds is 4. The Morgan fingerprint density at radius 2 is 1.96 bits per heavy atom. The first-order valence-electron chi connectivity index (χ1n) is 8.44. The van der Waals surface area contributed by atoms with Gasteiger partial charge < -0.3 is 5.11 Å². The zero-order valence-corrected chi connectivity index (χ0v) is 15.3. The zero-order chi connectivity index (χ0) is 19.0. The van der Waals surface area contributed by atoms with Crippen molar-refractivity contribution in [2.75, 3.05) is 0 Å². The first kappa shape index (κ1) is 17.2. The average molecular weight is 378 g/mol. The second-order valence-corrected chi connectivity index (χ2v) is 6.81. The lowest BCUT2D eigenvalue weighted by atomic mass is 10.0. The largest absolute Gasteiger partial charge is 0.477 e. The fourth-order valence-electron chi connectivity index (χ4n) is 3.15. The number of carbonyl (C=O) groups is 1. The Morgan fingerprint density at radius 3 is 2.74 bits per heavy atom. The number of pyridine rings is 2. The maximum atomic E-state index is 11.2. The van der Waals surface area contributed by atoms with E-state index in [9.17, 15) is 9.90 Å². The molecule has 3 aromatic heterocycles. The predicted molar refractivity (Wildman–Crippen MR) is 104 cm³/mol. The van der Waals surface area contributed by atoms with E-state index in [-0.39, 0.29) is 5.69 Å². The topological polar surface area (TPSA) is 67.5 Å². The molecule has 0 saturated heterocycles. The lowest BCUT2D eigenvalue weighted by Crippen LogP contribution is -2.03. The number of benzene rings is 1. The van der Waals surface area contributed by atoms with E-state index in [1.165, 1.54) is 6.07 Å². The quantitative estimate of drug-likeness (QED) is 0.562. The van der Waals surface area contributed by atoms with Crippen LogP contribution in [0, 0.1) is 6.92 Å². The summed E-state index contributed by atoms with van der Waals surface area (Å²) in [5, 5.41) is 14.5. The molecule has 0 amide bonds. The van der Waals surface area contributed by atoms with Gasteiger partial charge in [-0.1, -0.05) is 41.4 Å². The maximum absolute atomic E-state index is 11.2. The number of carboxylic acids is 1. The van der Waals surface area contributed by atoms with Crippen molar-refractivity contribution in [3.63, 3.8) is 0 Å². The average Bonchev–Trinajstić information content (AvgIpc) is 2.99. The normalized spacial score (nSPS) is 11.0. The third-order valence-corrected chi connectivity index (χ3v) is 4.59. The SMILES string of the molecule is Cc1cccc(-c2nn3cc(Cl)ccc3c2Cc2cccc(C(=O)O)n2)c1. The molecule has 0 bridgehead atoms. The summed E-state index contributed by atoms with van der Waals surface area (Å²) in [6.45, 7) is 2.04. The van der Waals surface area contributed by atoms with Gasteiger partial charge in [-0.3, -0.25) is 0 Å². The van der Waals surface area contributed by atoms with Gasteiger partial charge in [-0.15, -0.1) is 0 Å². The van der Waals surface area contributed by atoms with Gasteiger partial charge in [0.05, 0.1) is 16.2 Å². The number of aromatic nitrogens is 3. The van der Waals surface area contributed by atoms with Crippen molar-refractivity contribution >= 4 is 23.1 Å². The van der Waals surface area contributed by atoms with Crippen molar-refractivity contribution in [3.05, 3.63) is 88.3 Å². The number of halogens is 1. The van der Waals surface area contributed by atoms with E-state index in [0.717, 1.165) is 27.9 Å². The first-order chi connectivity index (χ1) is 13.0. The summed E-state index contributed by atoms with van der Waals surface area (Å²) < 4.78 is 1.76. The Bertz CT molecular complexity index is 1170. The monoisotopic (exact) mass is 377 g/mol. The van der Waals surface area contributed by atoms with Gasteiger partial charge in [-0.05, 0) is 37.3 Å². The second-order valence-electron chi connectivity index (χ2n) is 6.37. The molecule has 134 valence electrons. The van der Waals surface area contributed by atoms with Gasteiger partial charge in [0.15, 0.2) is 0 Å². The lowest BCUT2D eigenvalue weighted by molar-refractivity contribution is 0.0690. The molecule has 1 N–H and O–H groups in total. The van der Waals surface area contributed by atoms with Crippen LogP contribution in [0.5, 0.6) is 0 Å². The van der Waals surface area contributed by atoms with Gasteiger partial charge in [0.1, 0.15) is 5.69 Å². The summed E-state index contributed by atoms with van der Waals surface area (Å²) in [5.74, 6) is -1.04. The summed E-state index contributed by atoms with van der Waals surface area (Å²) >= 11 is 6.13. The highest BCUT2D eigenvalue weighted by molar-refractivity contribution is 6.30. The molecule has 4 rings (SSSR count). The van der Waals surface area contributed by atoms with E-state index in [1.807, 2.05) is 43.3 Å². The minimum Gasteiger partial charge on any atom is -0.477 e. The molecule has 6 heteroatoms. The van der Waals surface area contributed by atoms with Crippen molar-refractivity contribution < 1.29 is 9.90 Å². The van der Waals surface area contributed by atoms with Gasteiger partial charge >= 0.3 is 5.97 Å². The zero-order valence-electron chi connectivity index (χ0n) is 14.6. The van der Waals surface area contributed by atoms with E-state index < -0.39 is 5.97 Å². The van der Waals surface area contributed by atoms with Crippen LogP contribution in [-0.2, 0) is 6.42 Å². The molecule has 0 atom stereocenters. The van der Waals surface area contributed by atoms with Crippen LogP contribution >= 0.6 is 11.6 Å². The molecule has 1 aromatic carbocycles. The van der Waals surface area contributed by atoms with E-state index in [2.05, 4.69) is 11.1 Å². The molecule has 0 radical (unpaired) electrons. The van der Waals surface area contributed by atoms with E-state index in [4.69, 9.17) is 16.7 Å². The van der Waals surface area contributed by atoms with E-state index in [0.29, 0.717) is 17.1 Å². The van der Waals surface area contributed by atoms with Crippen LogP contribution in [0.15, 0.2) is 60.8 Å². The van der Waals surface area contributed by atoms with Crippen LogP contribution in [0.2, 0.25) is 5.02 Å². The Balaban J connectivity index is 1.89. The van der Waals surface area contributed by atoms with Gasteiger partial charge in [0.25, 0.3) is 0 Å². The molecule has 0 saturated carbocycles. The van der Waals surface area contributed by atoms with Gasteiger partial charge in [-0.25, -0.2) is 14.3 Å². The number of carboxylic acid groups (broad SMARTS) is 1. The Hall–Kier alpha value is -3.18. The fraction of sp³-hybridized carbons (Fsp3) is 0.0952. The molecule has 0 aliphatic heterocycles. The Morgan fingerprint density at radius 1 is 1.15 bits per heavy atom. The van der Waals surface area contributed by atoms with Crippen molar-refractivity contribution in [2.24, 2.45) is 0 Å². The molecule has 0 aliphatic carbocycles. The number of hydrogen-bond donors (Lipinski definition) is 1. The molecular weight excluding hydrogens is 362 g/mol. The van der Waals surface area contributed by atoms with Crippen LogP contribution < -0.4 is 0 Å². The van der Waals surface area contributed by atoms with Crippen LogP contribution in [0.25, 0.3) is 16.8 Å². The highest BCUT2D eigenvalue weighted by Crippen LogP contribution is 2.29. The third kappa shape index (κ3) is 3.41. The van der Waals surface area contributed by atoms with Gasteiger partial charge in [0.2, 0.25) is 0 Å². The minimum atomic E-state index is -1.04. The Labute approximate surface area is 160 Å². The number of hydrogen-bond acceptors (Lipinski definition) is 3. The standard InChI is InChI=1S/C21H16ClN3O2/c1-13-4-2-5-14(10-13)20-17(19-9-8-15(22)12-25(19)24-20)11-16-6-3-7-18(23-16)21(26)27/h2-10,12H,11H2,1H3,(H,26,27). The van der Waals surface area contributed by atoms with Gasteiger partial charge in [-0.2, -0.15) is 5.10 Å². The predicted octanol–water partition coefficient (Wildman–Crippen LogP) is 4.65. The van der Waals surface area contributed by atoms with Crippen LogP contribution in [0.3, 0.4) is 0 Å². The van der Waals surface area contributed by atoms with Crippen molar-refractivity contribution in [2.45, 2.75) is 13.3 Å². The summed E-state index contributed by atoms with van der Waals surface area (Å²) in [7, 11) is 0.